The summed E-state index contributed by atoms with van der Waals surface area (Å²) in [4.78, 5) is 4.66. The summed E-state index contributed by atoms with van der Waals surface area (Å²) in [6.07, 6.45) is 0. The van der Waals surface area contributed by atoms with Crippen LogP contribution in [0, 0.1) is 17.9 Å². The Morgan fingerprint density at radius 2 is 0.938 bits per heavy atom. The van der Waals surface area contributed by atoms with Crippen molar-refractivity contribution in [3.05, 3.63) is 260 Å². The zero-order chi connectivity index (χ0) is 53.4. The Morgan fingerprint density at radius 1 is 0.395 bits per heavy atom. The van der Waals surface area contributed by atoms with Crippen LogP contribution in [-0.2, 0) is 0 Å². The molecule has 17 rings (SSSR count). The van der Waals surface area contributed by atoms with Gasteiger partial charge in [0.05, 0.1) is 55.0 Å². The van der Waals surface area contributed by atoms with Gasteiger partial charge in [-0.1, -0.05) is 212 Å². The standard InChI is InChI=1S/C74H40N4OS2/c1-76-67-63(44-22-7-3-8-23-44)57(42-75)68(78-69-50(38-40-54-48-27-13-16-36-61(48)80-73(54)69)51-39-41-56-66-46(43-20-5-2-6-21-43)29-19-37-62(66)81-74(56)70(51)78)64(45-24-9-4-10-25-45)71(67)77-58-33-14-11-28-55(58)65-49(30-18-34-59(65)77)53-32-17-31-52-47-26-12-15-35-60(47)79-72(52)53/h2-41H. The second-order valence-electron chi connectivity index (χ2n) is 20.7. The lowest BCUT2D eigenvalue weighted by Crippen LogP contribution is -2.09. The van der Waals surface area contributed by atoms with E-state index in [2.05, 4.69) is 214 Å². The molecule has 0 aliphatic carbocycles. The highest BCUT2D eigenvalue weighted by Crippen LogP contribution is 2.56. The van der Waals surface area contributed by atoms with Crippen LogP contribution in [0.2, 0.25) is 0 Å². The average molecular weight is 1070 g/mol. The van der Waals surface area contributed by atoms with E-state index in [0.717, 1.165) is 125 Å². The fourth-order valence-electron chi connectivity index (χ4n) is 13.3. The third-order valence-electron chi connectivity index (χ3n) is 16.6. The summed E-state index contributed by atoms with van der Waals surface area (Å²) in [7, 11) is 0. The van der Waals surface area contributed by atoms with Crippen LogP contribution in [0.1, 0.15) is 5.56 Å². The quantitative estimate of drug-likeness (QED) is 0.156. The predicted octanol–water partition coefficient (Wildman–Crippen LogP) is 21.6. The summed E-state index contributed by atoms with van der Waals surface area (Å²) in [6, 6.07) is 88.4. The van der Waals surface area contributed by atoms with E-state index in [-0.39, 0.29) is 0 Å². The Morgan fingerprint density at radius 3 is 1.69 bits per heavy atom. The van der Waals surface area contributed by atoms with E-state index in [4.69, 9.17) is 4.42 Å². The number of aromatic nitrogens is 2. The summed E-state index contributed by atoms with van der Waals surface area (Å²) in [6.45, 7) is 9.57. The minimum atomic E-state index is 0.389. The van der Waals surface area contributed by atoms with Gasteiger partial charge in [0.15, 0.2) is 0 Å². The Labute approximate surface area is 471 Å². The Balaban J connectivity index is 1.11. The van der Waals surface area contributed by atoms with Crippen molar-refractivity contribution in [3.63, 3.8) is 0 Å². The van der Waals surface area contributed by atoms with E-state index < -0.39 is 0 Å². The van der Waals surface area contributed by atoms with Crippen LogP contribution in [0.3, 0.4) is 0 Å². The summed E-state index contributed by atoms with van der Waals surface area (Å²) in [5, 5.41) is 23.5. The Bertz CT molecular complexity index is 5610. The highest BCUT2D eigenvalue weighted by Gasteiger charge is 2.34. The molecule has 0 atom stereocenters. The number of hydrogen-bond donors (Lipinski definition) is 0. The molecule has 0 amide bonds. The van der Waals surface area contributed by atoms with Crippen LogP contribution < -0.4 is 0 Å². The molecule has 0 radical (unpaired) electrons. The molecule has 81 heavy (non-hydrogen) atoms. The molecule has 17 aromatic rings. The van der Waals surface area contributed by atoms with Gasteiger partial charge in [0, 0.05) is 80.0 Å². The molecule has 0 fully saturated rings. The SMILES string of the molecule is [C-]#[N+]c1c(-c2ccccc2)c(C#N)c(-n2c3c(ccc4c5ccccc5sc43)c3ccc4c(sc5cccc(-c6ccccc6)c54)c32)c(-c2ccccc2)c1-n1c2ccccc2c2c(-c3cccc4c3oc3ccccc34)cccc21. The normalized spacial score (nSPS) is 11.9. The van der Waals surface area contributed by atoms with Gasteiger partial charge in [-0.2, -0.15) is 5.26 Å². The third kappa shape index (κ3) is 6.39. The van der Waals surface area contributed by atoms with Crippen molar-refractivity contribution in [1.29, 1.82) is 5.26 Å². The molecule has 0 N–H and O–H groups in total. The molecular weight excluding hydrogens is 1020 g/mol. The van der Waals surface area contributed by atoms with Crippen LogP contribution >= 0.6 is 22.7 Å². The molecule has 5 aromatic heterocycles. The van der Waals surface area contributed by atoms with Crippen molar-refractivity contribution in [2.75, 3.05) is 0 Å². The number of furan rings is 1. The van der Waals surface area contributed by atoms with Crippen molar-refractivity contribution in [2.45, 2.75) is 0 Å². The predicted molar refractivity (Wildman–Crippen MR) is 341 cm³/mol. The smallest absolute Gasteiger partial charge is 0.220 e. The summed E-state index contributed by atoms with van der Waals surface area (Å²) in [5.74, 6) is 0. The van der Waals surface area contributed by atoms with Gasteiger partial charge in [0.25, 0.3) is 0 Å². The summed E-state index contributed by atoms with van der Waals surface area (Å²) >= 11 is 3.60. The Hall–Kier alpha value is -10.5. The third-order valence-corrected chi connectivity index (χ3v) is 19.0. The molecule has 0 spiro atoms. The van der Waals surface area contributed by atoms with E-state index >= 15 is 0 Å². The van der Waals surface area contributed by atoms with Gasteiger partial charge in [-0.25, -0.2) is 4.85 Å². The minimum absolute atomic E-state index is 0.389. The number of hydrogen-bond acceptors (Lipinski definition) is 4. The monoisotopic (exact) mass is 1060 g/mol. The van der Waals surface area contributed by atoms with E-state index in [1.165, 1.54) is 25.7 Å². The van der Waals surface area contributed by atoms with E-state index in [9.17, 15) is 11.8 Å². The van der Waals surface area contributed by atoms with Crippen LogP contribution in [0.5, 0.6) is 0 Å². The van der Waals surface area contributed by atoms with Crippen molar-refractivity contribution in [1.82, 2.24) is 9.13 Å². The molecule has 7 heteroatoms. The van der Waals surface area contributed by atoms with Gasteiger partial charge in [0.2, 0.25) is 5.69 Å². The van der Waals surface area contributed by atoms with E-state index in [1.807, 2.05) is 48.5 Å². The highest BCUT2D eigenvalue weighted by molar-refractivity contribution is 7.27. The van der Waals surface area contributed by atoms with Gasteiger partial charge < -0.3 is 13.6 Å². The van der Waals surface area contributed by atoms with Gasteiger partial charge in [-0.05, 0) is 58.1 Å². The second kappa shape index (κ2) is 17.5. The molecule has 5 nitrogen and oxygen atoms in total. The van der Waals surface area contributed by atoms with Crippen molar-refractivity contribution in [2.24, 2.45) is 0 Å². The van der Waals surface area contributed by atoms with Crippen LogP contribution in [0.15, 0.2) is 247 Å². The molecule has 0 aliphatic rings. The van der Waals surface area contributed by atoms with Crippen molar-refractivity contribution in [3.8, 4) is 62.0 Å². The number of para-hydroxylation sites is 3. The van der Waals surface area contributed by atoms with E-state index in [0.29, 0.717) is 22.5 Å². The second-order valence-corrected chi connectivity index (χ2v) is 22.8. The molecule has 0 unspecified atom stereocenters. The molecular formula is C74H40N4OS2. The van der Waals surface area contributed by atoms with Crippen LogP contribution in [0.25, 0.3) is 167 Å². The highest BCUT2D eigenvalue weighted by atomic mass is 32.1. The van der Waals surface area contributed by atoms with Crippen LogP contribution in [0.4, 0.5) is 5.69 Å². The fourth-order valence-corrected chi connectivity index (χ4v) is 15.8. The number of nitrogens with zero attached hydrogens (tertiary/aromatic N) is 4. The number of fused-ring (bicyclic) bond motifs is 17. The molecule has 12 aromatic carbocycles. The molecule has 0 saturated carbocycles. The molecule has 374 valence electrons. The lowest BCUT2D eigenvalue weighted by Gasteiger charge is -2.26. The first-order valence-corrected chi connectivity index (χ1v) is 28.6. The summed E-state index contributed by atoms with van der Waals surface area (Å²) in [5.41, 5.74) is 15.2. The number of rotatable bonds is 6. The molecule has 0 bridgehead atoms. The fraction of sp³-hybridized carbons (Fsp3) is 0. The Kier molecular flexibility index (Phi) is 9.82. The lowest BCUT2D eigenvalue weighted by atomic mass is 9.88. The minimum Gasteiger partial charge on any atom is -0.455 e. The maximum absolute atomic E-state index is 12.4. The molecule has 0 saturated heterocycles. The first kappa shape index (κ1) is 45.5. The maximum atomic E-state index is 12.4. The zero-order valence-electron chi connectivity index (χ0n) is 43.1. The van der Waals surface area contributed by atoms with Gasteiger partial charge in [-0.3, -0.25) is 0 Å². The van der Waals surface area contributed by atoms with Crippen molar-refractivity contribution < 1.29 is 4.42 Å². The maximum Gasteiger partial charge on any atom is 0.220 e. The number of thiophene rings is 2. The number of nitriles is 1. The number of benzene rings is 12. The first-order chi connectivity index (χ1) is 40.2. The first-order valence-electron chi connectivity index (χ1n) is 27.0. The van der Waals surface area contributed by atoms with Gasteiger partial charge in [-0.15, -0.1) is 22.7 Å². The van der Waals surface area contributed by atoms with Gasteiger partial charge >= 0.3 is 0 Å². The average Bonchev–Trinajstić information content (AvgIpc) is 2.61. The van der Waals surface area contributed by atoms with Gasteiger partial charge in [0.1, 0.15) is 17.2 Å². The zero-order valence-corrected chi connectivity index (χ0v) is 44.7. The lowest BCUT2D eigenvalue weighted by molar-refractivity contribution is 0.670. The largest absolute Gasteiger partial charge is 0.455 e. The van der Waals surface area contributed by atoms with E-state index in [1.54, 1.807) is 22.7 Å². The summed E-state index contributed by atoms with van der Waals surface area (Å²) < 4.78 is 16.2. The topological polar surface area (TPSA) is 51.1 Å². The molecule has 0 aliphatic heterocycles. The van der Waals surface area contributed by atoms with Crippen molar-refractivity contribution >= 4 is 134 Å². The molecule has 5 heterocycles. The van der Waals surface area contributed by atoms with Crippen LogP contribution in [-0.4, -0.2) is 9.13 Å².